The number of carbonyl (C=O) groups excluding carboxylic acids is 4. The van der Waals surface area contributed by atoms with E-state index >= 15 is 0 Å². The Kier molecular flexibility index (Phi) is 12.4. The van der Waals surface area contributed by atoms with Crippen LogP contribution in [-0.2, 0) is 23.8 Å². The van der Waals surface area contributed by atoms with E-state index in [2.05, 4.69) is 20.9 Å². The molecule has 0 saturated carbocycles. The van der Waals surface area contributed by atoms with Crippen LogP contribution in [0.2, 0.25) is 0 Å². The van der Waals surface area contributed by atoms with Crippen LogP contribution in [-0.4, -0.2) is 66.5 Å². The molecular weight excluding hydrogens is 608 g/mol. The van der Waals surface area contributed by atoms with Gasteiger partial charge in [0.25, 0.3) is 0 Å². The van der Waals surface area contributed by atoms with Crippen LogP contribution in [0.25, 0.3) is 6.08 Å². The van der Waals surface area contributed by atoms with Gasteiger partial charge in [-0.3, -0.25) is 25.2 Å². The number of ether oxygens (including phenoxy) is 4. The van der Waals surface area contributed by atoms with Crippen LogP contribution in [0, 0.1) is 0 Å². The number of methoxy groups -OCH3 is 1. The zero-order valence-electron chi connectivity index (χ0n) is 27.8. The second-order valence-corrected chi connectivity index (χ2v) is 12.7. The number of aliphatic imine (C=N–C) groups is 1. The molecule has 2 aromatic carbocycles. The number of unbranched alkanes of at least 4 members (excludes halogenated alkanes) is 1. The molecular formula is C34H44N4O9. The zero-order chi connectivity index (χ0) is 34.8. The third-order valence-corrected chi connectivity index (χ3v) is 6.42. The highest BCUT2D eigenvalue weighted by Crippen LogP contribution is 2.47. The number of hydrogen-bond acceptors (Lipinski definition) is 10. The van der Waals surface area contributed by atoms with Crippen LogP contribution in [0.5, 0.6) is 11.5 Å². The number of esters is 1. The van der Waals surface area contributed by atoms with Gasteiger partial charge in [0.1, 0.15) is 34.7 Å². The van der Waals surface area contributed by atoms with E-state index in [0.717, 1.165) is 0 Å². The van der Waals surface area contributed by atoms with Crippen LogP contribution in [0.15, 0.2) is 53.5 Å². The molecule has 1 heterocycles. The van der Waals surface area contributed by atoms with Gasteiger partial charge in [-0.05, 0) is 95.9 Å². The molecule has 3 rings (SSSR count). The summed E-state index contributed by atoms with van der Waals surface area (Å²) >= 11 is 0. The average Bonchev–Trinajstić information content (AvgIpc) is 3.34. The molecule has 0 aromatic heterocycles. The van der Waals surface area contributed by atoms with Gasteiger partial charge in [0, 0.05) is 24.7 Å². The summed E-state index contributed by atoms with van der Waals surface area (Å²) in [6.07, 6.45) is 1.97. The van der Waals surface area contributed by atoms with Gasteiger partial charge in [-0.2, -0.15) is 0 Å². The molecule has 13 nitrogen and oxygen atoms in total. The number of rotatable bonds is 9. The summed E-state index contributed by atoms with van der Waals surface area (Å²) in [4.78, 5) is 53.9. The average molecular weight is 653 g/mol. The van der Waals surface area contributed by atoms with Crippen molar-refractivity contribution in [3.63, 3.8) is 0 Å². The fourth-order valence-electron chi connectivity index (χ4n) is 4.47. The molecule has 0 bridgehead atoms. The number of aromatic hydroxyl groups is 1. The van der Waals surface area contributed by atoms with E-state index in [4.69, 9.17) is 18.9 Å². The lowest BCUT2D eigenvalue weighted by Gasteiger charge is -2.22. The Labute approximate surface area is 274 Å². The molecule has 1 aliphatic rings. The Morgan fingerprint density at radius 1 is 0.915 bits per heavy atom. The molecule has 2 aromatic rings. The number of hydrogen-bond donors (Lipinski definition) is 4. The lowest BCUT2D eigenvalue weighted by molar-refractivity contribution is -0.144. The molecule has 3 amide bonds. The van der Waals surface area contributed by atoms with Gasteiger partial charge in [-0.15, -0.1) is 0 Å². The molecule has 0 radical (unpaired) electrons. The van der Waals surface area contributed by atoms with E-state index < -0.39 is 41.4 Å². The Balaban J connectivity index is 1.53. The Bertz CT molecular complexity index is 1460. The minimum atomic E-state index is -0.778. The first kappa shape index (κ1) is 36.4. The van der Waals surface area contributed by atoms with Crippen LogP contribution >= 0.6 is 0 Å². The second-order valence-electron chi connectivity index (χ2n) is 12.7. The van der Waals surface area contributed by atoms with E-state index in [-0.39, 0.29) is 24.2 Å². The van der Waals surface area contributed by atoms with Gasteiger partial charge in [0.2, 0.25) is 11.9 Å². The number of nitrogens with one attached hydrogen (secondary N) is 3. The van der Waals surface area contributed by atoms with E-state index in [1.54, 1.807) is 78.0 Å². The van der Waals surface area contributed by atoms with Crippen molar-refractivity contribution >= 4 is 36.1 Å². The summed E-state index contributed by atoms with van der Waals surface area (Å²) in [5, 5.41) is 17.3. The lowest BCUT2D eigenvalue weighted by Crippen LogP contribution is -2.47. The Hall–Kier alpha value is -5.07. The molecule has 0 saturated heterocycles. The third-order valence-electron chi connectivity index (χ3n) is 6.42. The summed E-state index contributed by atoms with van der Waals surface area (Å²) in [6, 6.07) is 11.8. The third kappa shape index (κ3) is 12.0. The van der Waals surface area contributed by atoms with Crippen LogP contribution in [0.1, 0.15) is 83.1 Å². The number of amides is 3. The van der Waals surface area contributed by atoms with Crippen molar-refractivity contribution in [3.05, 3.63) is 65.2 Å². The number of phenols is 1. The maximum absolute atomic E-state index is 12.7. The fraction of sp³-hybridized carbons (Fsp3) is 0.441. The van der Waals surface area contributed by atoms with Crippen LogP contribution in [0.4, 0.5) is 9.59 Å². The predicted molar refractivity (Wildman–Crippen MR) is 175 cm³/mol. The van der Waals surface area contributed by atoms with Crippen molar-refractivity contribution in [2.75, 3.05) is 20.2 Å². The quantitative estimate of drug-likeness (QED) is 0.0718. The maximum atomic E-state index is 12.7. The minimum absolute atomic E-state index is 0.104. The van der Waals surface area contributed by atoms with Crippen molar-refractivity contribution < 1.29 is 43.2 Å². The van der Waals surface area contributed by atoms with E-state index in [9.17, 15) is 24.3 Å². The second kappa shape index (κ2) is 16.0. The van der Waals surface area contributed by atoms with Gasteiger partial charge in [-0.25, -0.2) is 9.59 Å². The standard InChI is InChI=1S/C34H44N4O9/c1-33(2,3)46-31(42)37-30(38-32(43)47-34(4,5)6)36-19-9-8-18-35-26(40)17-11-21-10-16-25-24(20-21)27(29(41)44-7)28(45-25)22-12-14-23(39)15-13-22/h10-17,20,27-28,39H,8-9,18-19H2,1-7H3,(H,35,40)(H2,36,37,38,42,43)/t27-,28+/m1/s1. The summed E-state index contributed by atoms with van der Waals surface area (Å²) < 4.78 is 21.6. The first-order valence-corrected chi connectivity index (χ1v) is 15.2. The molecule has 47 heavy (non-hydrogen) atoms. The monoisotopic (exact) mass is 652 g/mol. The smallest absolute Gasteiger partial charge is 0.414 e. The number of alkyl carbamates (subject to hydrolysis) is 2. The van der Waals surface area contributed by atoms with E-state index in [1.807, 2.05) is 0 Å². The van der Waals surface area contributed by atoms with Gasteiger partial charge >= 0.3 is 18.2 Å². The van der Waals surface area contributed by atoms with Gasteiger partial charge in [0.15, 0.2) is 0 Å². The van der Waals surface area contributed by atoms with Crippen molar-refractivity contribution in [2.45, 2.75) is 77.6 Å². The first-order valence-electron chi connectivity index (χ1n) is 15.2. The SMILES string of the molecule is COC(=O)[C@@H]1c2cc(C=CC(=O)NCCCCN=C(NC(=O)OC(C)(C)C)NC(=O)OC(C)(C)C)ccc2O[C@H]1c1ccc(O)cc1. The lowest BCUT2D eigenvalue weighted by atomic mass is 9.90. The highest BCUT2D eigenvalue weighted by atomic mass is 16.6. The van der Waals surface area contributed by atoms with Gasteiger partial charge < -0.3 is 29.4 Å². The number of fused-ring (bicyclic) bond motifs is 1. The number of nitrogens with zero attached hydrogens (tertiary/aromatic N) is 1. The van der Waals surface area contributed by atoms with Gasteiger partial charge in [-0.1, -0.05) is 18.2 Å². The number of phenolic OH excluding ortho intramolecular Hbond substituents is 1. The Morgan fingerprint density at radius 3 is 2.11 bits per heavy atom. The molecule has 0 unspecified atom stereocenters. The molecule has 13 heteroatoms. The number of carbonyl (C=O) groups is 4. The molecule has 0 spiro atoms. The first-order chi connectivity index (χ1) is 22.0. The normalized spacial score (nSPS) is 15.6. The fourth-order valence-corrected chi connectivity index (χ4v) is 4.47. The topological polar surface area (TPSA) is 174 Å². The molecule has 1 aliphatic heterocycles. The Morgan fingerprint density at radius 2 is 1.53 bits per heavy atom. The minimum Gasteiger partial charge on any atom is -0.508 e. The number of benzene rings is 2. The summed E-state index contributed by atoms with van der Waals surface area (Å²) in [7, 11) is 1.31. The highest BCUT2D eigenvalue weighted by Gasteiger charge is 2.41. The molecule has 0 fully saturated rings. The highest BCUT2D eigenvalue weighted by molar-refractivity contribution is 6.01. The summed E-state index contributed by atoms with van der Waals surface area (Å²) in [5.74, 6) is -0.956. The van der Waals surface area contributed by atoms with E-state index in [1.165, 1.54) is 25.3 Å². The maximum Gasteiger partial charge on any atom is 0.414 e. The van der Waals surface area contributed by atoms with Crippen molar-refractivity contribution in [1.29, 1.82) is 0 Å². The van der Waals surface area contributed by atoms with Crippen molar-refractivity contribution in [3.8, 4) is 11.5 Å². The van der Waals surface area contributed by atoms with Gasteiger partial charge in [0.05, 0.1) is 7.11 Å². The van der Waals surface area contributed by atoms with Crippen molar-refractivity contribution in [2.24, 2.45) is 4.99 Å². The van der Waals surface area contributed by atoms with Crippen LogP contribution in [0.3, 0.4) is 0 Å². The molecule has 4 N–H and O–H groups in total. The summed E-state index contributed by atoms with van der Waals surface area (Å²) in [6.45, 7) is 10.9. The molecule has 2 atom stereocenters. The molecule has 254 valence electrons. The number of guanidine groups is 1. The van der Waals surface area contributed by atoms with Crippen molar-refractivity contribution in [1.82, 2.24) is 16.0 Å². The zero-order valence-corrected chi connectivity index (χ0v) is 27.8. The predicted octanol–water partition coefficient (Wildman–Crippen LogP) is 5.10. The van der Waals surface area contributed by atoms with E-state index in [0.29, 0.717) is 41.8 Å². The largest absolute Gasteiger partial charge is 0.508 e. The molecule has 0 aliphatic carbocycles. The van der Waals surface area contributed by atoms with Crippen LogP contribution < -0.4 is 20.7 Å². The summed E-state index contributed by atoms with van der Waals surface area (Å²) in [5.41, 5.74) is 0.559.